The Morgan fingerprint density at radius 3 is 1.85 bits per heavy atom. The first-order chi connectivity index (χ1) is 19.6. The number of nitro benzene ring substituents is 1. The van der Waals surface area contributed by atoms with Crippen molar-refractivity contribution in [1.82, 2.24) is 14.8 Å². The van der Waals surface area contributed by atoms with Gasteiger partial charge >= 0.3 is 5.69 Å². The maximum Gasteiger partial charge on any atom is 0.305 e. The number of benzene rings is 4. The molecule has 4 aromatic carbocycles. The summed E-state index contributed by atoms with van der Waals surface area (Å²) >= 11 is 0. The summed E-state index contributed by atoms with van der Waals surface area (Å²) in [7, 11) is 0. The van der Waals surface area contributed by atoms with Crippen molar-refractivity contribution >= 4 is 28.7 Å². The fraction of sp³-hybridized carbons (Fsp3) is 0.0303. The van der Waals surface area contributed by atoms with Crippen molar-refractivity contribution in [3.63, 3.8) is 0 Å². The van der Waals surface area contributed by atoms with Gasteiger partial charge in [-0.2, -0.15) is 9.49 Å². The Bertz CT molecular complexity index is 1720. The first kappa shape index (κ1) is 24.9. The minimum atomic E-state index is -1.02. The summed E-state index contributed by atoms with van der Waals surface area (Å²) < 4.78 is 17.1. The largest absolute Gasteiger partial charge is 0.305 e. The molecule has 40 heavy (non-hydrogen) atoms. The van der Waals surface area contributed by atoms with Gasteiger partial charge in [-0.25, -0.2) is 4.68 Å². The molecule has 0 saturated heterocycles. The topological polar surface area (TPSA) is 73.8 Å². The molecule has 0 bridgehead atoms. The van der Waals surface area contributed by atoms with Crippen molar-refractivity contribution in [2.45, 2.75) is 5.54 Å². The molecule has 0 saturated carbocycles. The van der Waals surface area contributed by atoms with E-state index in [0.717, 1.165) is 22.3 Å². The number of hydrogen-bond donors (Lipinski definition) is 0. The molecular weight excluding hydrogens is 503 g/mol. The molecule has 0 amide bonds. The average molecular weight is 527 g/mol. The fourth-order valence-electron chi connectivity index (χ4n) is 5.22. The highest BCUT2D eigenvalue weighted by Gasteiger charge is 2.41. The summed E-state index contributed by atoms with van der Waals surface area (Å²) in [4.78, 5) is 15.2. The van der Waals surface area contributed by atoms with Crippen LogP contribution in [0.15, 0.2) is 128 Å². The maximum absolute atomic E-state index is 15.3. The number of hydrogen-bond acceptors (Lipinski definition) is 4. The molecule has 194 valence electrons. The fourth-order valence-corrected chi connectivity index (χ4v) is 5.22. The zero-order chi connectivity index (χ0) is 27.5. The Hall–Kier alpha value is -5.43. The van der Waals surface area contributed by atoms with Crippen LogP contribution < -0.4 is 0 Å². The van der Waals surface area contributed by atoms with Crippen molar-refractivity contribution in [3.05, 3.63) is 172 Å². The highest BCUT2D eigenvalue weighted by molar-refractivity contribution is 5.92. The Balaban J connectivity index is 1.75. The number of aromatic nitrogens is 3. The molecule has 0 atom stereocenters. The summed E-state index contributed by atoms with van der Waals surface area (Å²) in [5.41, 5.74) is 2.80. The Labute approximate surface area is 229 Å². The van der Waals surface area contributed by atoms with Crippen LogP contribution in [0.25, 0.3) is 23.1 Å². The van der Waals surface area contributed by atoms with E-state index >= 15 is 4.39 Å². The van der Waals surface area contributed by atoms with Crippen LogP contribution in [0.3, 0.4) is 0 Å². The van der Waals surface area contributed by atoms with Crippen molar-refractivity contribution in [1.29, 1.82) is 0 Å². The summed E-state index contributed by atoms with van der Waals surface area (Å²) in [5.74, 6) is -0.926. The summed E-state index contributed by atoms with van der Waals surface area (Å²) in [6.07, 6.45) is 7.01. The van der Waals surface area contributed by atoms with Crippen molar-refractivity contribution < 1.29 is 9.31 Å². The summed E-state index contributed by atoms with van der Waals surface area (Å²) in [5, 5.41) is 17.3. The van der Waals surface area contributed by atoms with Crippen LogP contribution in [0.5, 0.6) is 0 Å². The number of halogens is 1. The van der Waals surface area contributed by atoms with Crippen LogP contribution in [-0.4, -0.2) is 19.7 Å². The highest BCUT2D eigenvalue weighted by atomic mass is 19.1. The Kier molecular flexibility index (Phi) is 6.46. The zero-order valence-corrected chi connectivity index (χ0v) is 21.3. The molecule has 6 rings (SSSR count). The van der Waals surface area contributed by atoms with Gasteiger partial charge in [-0.1, -0.05) is 103 Å². The van der Waals surface area contributed by atoms with Crippen LogP contribution in [-0.2, 0) is 5.54 Å². The summed E-state index contributed by atoms with van der Waals surface area (Å²) in [6, 6.07) is 35.8. The molecular formula is C33H23FN4O2. The molecule has 0 radical (unpaired) electrons. The van der Waals surface area contributed by atoms with Gasteiger partial charge < -0.3 is 0 Å². The van der Waals surface area contributed by atoms with E-state index in [0.29, 0.717) is 16.6 Å². The zero-order valence-electron chi connectivity index (χ0n) is 21.3. The van der Waals surface area contributed by atoms with Gasteiger partial charge in [0.1, 0.15) is 5.54 Å². The number of nitrogens with zero attached hydrogens (tertiary/aromatic N) is 4. The standard InChI is InChI=1S/C33H23FN4O2/c34-29-22-31-28(21-32(29)38(39)40)30(19-18-24-11-10-20-35-23-24)36-37(31)33(25-12-4-1-5-13-25,26-14-6-2-7-15-26)27-16-8-3-9-17-27/h1-23H. The normalized spacial score (nSPS) is 11.7. The van der Waals surface area contributed by atoms with Crippen molar-refractivity contribution in [3.8, 4) is 0 Å². The van der Waals surface area contributed by atoms with E-state index in [1.54, 1.807) is 23.2 Å². The molecule has 2 heterocycles. The minimum Gasteiger partial charge on any atom is -0.264 e. The third-order valence-corrected chi connectivity index (χ3v) is 6.98. The number of rotatable bonds is 7. The molecule has 0 aliphatic carbocycles. The van der Waals surface area contributed by atoms with Gasteiger partial charge in [-0.3, -0.25) is 15.1 Å². The number of nitro groups is 1. The van der Waals surface area contributed by atoms with E-state index in [1.165, 1.54) is 12.1 Å². The molecule has 0 N–H and O–H groups in total. The number of pyridine rings is 1. The molecule has 2 aromatic heterocycles. The van der Waals surface area contributed by atoms with Crippen molar-refractivity contribution in [2.24, 2.45) is 0 Å². The second kappa shape index (κ2) is 10.4. The maximum atomic E-state index is 15.3. The van der Waals surface area contributed by atoms with E-state index in [2.05, 4.69) is 4.98 Å². The second-order valence-corrected chi connectivity index (χ2v) is 9.30. The predicted octanol–water partition coefficient (Wildman–Crippen LogP) is 7.49. The molecule has 7 heteroatoms. The first-order valence-electron chi connectivity index (χ1n) is 12.7. The Morgan fingerprint density at radius 1 is 0.775 bits per heavy atom. The Morgan fingerprint density at radius 2 is 1.35 bits per heavy atom. The predicted molar refractivity (Wildman–Crippen MR) is 154 cm³/mol. The van der Waals surface area contributed by atoms with Gasteiger partial charge in [0.2, 0.25) is 5.82 Å². The third-order valence-electron chi connectivity index (χ3n) is 6.98. The van der Waals surface area contributed by atoms with E-state index in [1.807, 2.05) is 109 Å². The lowest BCUT2D eigenvalue weighted by molar-refractivity contribution is -0.387. The minimum absolute atomic E-state index is 0.422. The quantitative estimate of drug-likeness (QED) is 0.123. The molecule has 0 aliphatic rings. The van der Waals surface area contributed by atoms with Gasteiger partial charge in [0.25, 0.3) is 0 Å². The van der Waals surface area contributed by atoms with Gasteiger partial charge in [0.05, 0.1) is 16.1 Å². The van der Waals surface area contributed by atoms with Crippen LogP contribution in [0, 0.1) is 15.9 Å². The van der Waals surface area contributed by atoms with Crippen LogP contribution >= 0.6 is 0 Å². The van der Waals surface area contributed by atoms with Crippen molar-refractivity contribution in [2.75, 3.05) is 0 Å². The molecule has 0 fully saturated rings. The van der Waals surface area contributed by atoms with E-state index in [9.17, 15) is 10.1 Å². The number of fused-ring (bicyclic) bond motifs is 1. The van der Waals surface area contributed by atoms with E-state index < -0.39 is 22.0 Å². The van der Waals surface area contributed by atoms with Crippen LogP contribution in [0.4, 0.5) is 10.1 Å². The lowest BCUT2D eigenvalue weighted by Crippen LogP contribution is -2.38. The van der Waals surface area contributed by atoms with Crippen LogP contribution in [0.1, 0.15) is 27.9 Å². The highest BCUT2D eigenvalue weighted by Crippen LogP contribution is 2.43. The van der Waals surface area contributed by atoms with Gasteiger partial charge in [0.15, 0.2) is 0 Å². The monoisotopic (exact) mass is 526 g/mol. The molecule has 0 spiro atoms. The SMILES string of the molecule is O=[N+]([O-])c1cc2c(C=Cc3cccnc3)nn(C(c3ccccc3)(c3ccccc3)c3ccccc3)c2cc1F. The third kappa shape index (κ3) is 4.23. The van der Waals surface area contributed by atoms with Gasteiger partial charge in [-0.05, 0) is 34.4 Å². The first-order valence-corrected chi connectivity index (χ1v) is 12.7. The lowest BCUT2D eigenvalue weighted by Gasteiger charge is -2.37. The lowest BCUT2D eigenvalue weighted by atomic mass is 9.77. The van der Waals surface area contributed by atoms with Crippen LogP contribution in [0.2, 0.25) is 0 Å². The molecule has 0 unspecified atom stereocenters. The molecule has 6 aromatic rings. The second-order valence-electron chi connectivity index (χ2n) is 9.30. The molecule has 0 aliphatic heterocycles. The molecule has 6 nitrogen and oxygen atoms in total. The average Bonchev–Trinajstić information content (AvgIpc) is 3.35. The summed E-state index contributed by atoms with van der Waals surface area (Å²) in [6.45, 7) is 0. The van der Waals surface area contributed by atoms with Gasteiger partial charge in [0, 0.05) is 29.9 Å². The van der Waals surface area contributed by atoms with Gasteiger partial charge in [-0.15, -0.1) is 0 Å². The van der Waals surface area contributed by atoms with E-state index in [-0.39, 0.29) is 0 Å². The smallest absolute Gasteiger partial charge is 0.264 e. The van der Waals surface area contributed by atoms with E-state index in [4.69, 9.17) is 5.10 Å².